The average Bonchev–Trinajstić information content (AvgIpc) is 3.08. The predicted octanol–water partition coefficient (Wildman–Crippen LogP) is 2.74. The highest BCUT2D eigenvalue weighted by Gasteiger charge is 2.13. The summed E-state index contributed by atoms with van der Waals surface area (Å²) in [7, 11) is 1.80. The Hall–Kier alpha value is -0.990. The summed E-state index contributed by atoms with van der Waals surface area (Å²) in [6, 6.07) is 4.01. The quantitative estimate of drug-likeness (QED) is 0.728. The van der Waals surface area contributed by atoms with E-state index >= 15 is 0 Å². The van der Waals surface area contributed by atoms with Crippen molar-refractivity contribution >= 4 is 40.8 Å². The van der Waals surface area contributed by atoms with Crippen molar-refractivity contribution in [2.24, 2.45) is 0 Å². The predicted molar refractivity (Wildman–Crippen MR) is 83.0 cm³/mol. The van der Waals surface area contributed by atoms with Crippen molar-refractivity contribution < 1.29 is 9.21 Å². The maximum atomic E-state index is 12.0. The van der Waals surface area contributed by atoms with E-state index in [-0.39, 0.29) is 5.91 Å². The lowest BCUT2D eigenvalue weighted by molar-refractivity contribution is -0.127. The molecule has 0 radical (unpaired) electrons. The van der Waals surface area contributed by atoms with Crippen LogP contribution in [0.1, 0.15) is 10.8 Å². The van der Waals surface area contributed by atoms with Crippen molar-refractivity contribution in [3.05, 3.63) is 28.3 Å². The smallest absolute Gasteiger partial charge is 0.277 e. The van der Waals surface area contributed by atoms with Gasteiger partial charge in [-0.2, -0.15) is 11.8 Å². The zero-order chi connectivity index (χ0) is 14.4. The zero-order valence-electron chi connectivity index (χ0n) is 11.2. The molecule has 0 atom stereocenters. The second-order valence-corrected chi connectivity index (χ2v) is 6.84. The Morgan fingerprint density at radius 1 is 1.50 bits per heavy atom. The summed E-state index contributed by atoms with van der Waals surface area (Å²) in [5, 5.41) is 10.3. The molecule has 8 heteroatoms. The Labute approximate surface area is 130 Å². The molecule has 2 aromatic rings. The van der Waals surface area contributed by atoms with Crippen LogP contribution in [0.3, 0.4) is 0 Å². The average molecular weight is 329 g/mol. The molecular weight excluding hydrogens is 314 g/mol. The van der Waals surface area contributed by atoms with Gasteiger partial charge in [0.25, 0.3) is 5.22 Å². The van der Waals surface area contributed by atoms with E-state index in [2.05, 4.69) is 10.2 Å². The van der Waals surface area contributed by atoms with Gasteiger partial charge in [0, 0.05) is 11.9 Å². The third kappa shape index (κ3) is 4.53. The molecule has 108 valence electrons. The second-order valence-electron chi connectivity index (χ2n) is 4.01. The van der Waals surface area contributed by atoms with E-state index in [0.717, 1.165) is 0 Å². The number of carbonyl (C=O) groups excluding carboxylic acids is 1. The van der Waals surface area contributed by atoms with Gasteiger partial charge in [-0.1, -0.05) is 17.8 Å². The summed E-state index contributed by atoms with van der Waals surface area (Å²) in [6.45, 7) is 0.638. The SMILES string of the molecule is CSCc1nnc(SCC(=O)N(C)Cc2cccs2)o1. The Bertz CT molecular complexity index is 542. The molecule has 0 spiro atoms. The summed E-state index contributed by atoms with van der Waals surface area (Å²) < 4.78 is 5.41. The summed E-state index contributed by atoms with van der Waals surface area (Å²) in [5.74, 6) is 1.65. The number of thioether (sulfide) groups is 2. The van der Waals surface area contributed by atoms with Gasteiger partial charge in [-0.25, -0.2) is 0 Å². The normalized spacial score (nSPS) is 10.7. The number of aromatic nitrogens is 2. The van der Waals surface area contributed by atoms with E-state index in [1.165, 1.54) is 16.6 Å². The van der Waals surface area contributed by atoms with Gasteiger partial charge in [0.15, 0.2) is 0 Å². The molecule has 20 heavy (non-hydrogen) atoms. The van der Waals surface area contributed by atoms with Crippen LogP contribution in [-0.2, 0) is 17.1 Å². The van der Waals surface area contributed by atoms with Crippen molar-refractivity contribution in [1.82, 2.24) is 15.1 Å². The van der Waals surface area contributed by atoms with E-state index < -0.39 is 0 Å². The van der Waals surface area contributed by atoms with Gasteiger partial charge in [0.1, 0.15) is 0 Å². The topological polar surface area (TPSA) is 59.2 Å². The maximum absolute atomic E-state index is 12.0. The first-order valence-electron chi connectivity index (χ1n) is 5.89. The molecule has 0 aromatic carbocycles. The molecule has 0 N–H and O–H groups in total. The van der Waals surface area contributed by atoms with E-state index in [9.17, 15) is 4.79 Å². The minimum Gasteiger partial charge on any atom is -0.415 e. The largest absolute Gasteiger partial charge is 0.415 e. The lowest BCUT2D eigenvalue weighted by atomic mass is 10.4. The fraction of sp³-hybridized carbons (Fsp3) is 0.417. The zero-order valence-corrected chi connectivity index (χ0v) is 13.7. The highest BCUT2D eigenvalue weighted by Crippen LogP contribution is 2.19. The van der Waals surface area contributed by atoms with Crippen LogP contribution >= 0.6 is 34.9 Å². The van der Waals surface area contributed by atoms with Crippen LogP contribution in [-0.4, -0.2) is 40.1 Å². The van der Waals surface area contributed by atoms with Crippen LogP contribution in [0, 0.1) is 0 Å². The Morgan fingerprint density at radius 2 is 2.35 bits per heavy atom. The van der Waals surface area contributed by atoms with E-state index in [1.807, 2.05) is 23.8 Å². The van der Waals surface area contributed by atoms with Crippen LogP contribution in [0.2, 0.25) is 0 Å². The summed E-state index contributed by atoms with van der Waals surface area (Å²) >= 11 is 4.55. The molecule has 0 saturated heterocycles. The van der Waals surface area contributed by atoms with E-state index in [1.54, 1.807) is 35.0 Å². The molecule has 2 heterocycles. The van der Waals surface area contributed by atoms with Crippen LogP contribution in [0.4, 0.5) is 0 Å². The summed E-state index contributed by atoms with van der Waals surface area (Å²) in [4.78, 5) is 14.9. The third-order valence-corrected chi connectivity index (χ3v) is 4.63. The molecule has 0 unspecified atom stereocenters. The number of carbonyl (C=O) groups is 1. The first-order chi connectivity index (χ1) is 9.69. The molecular formula is C12H15N3O2S3. The third-order valence-electron chi connectivity index (χ3n) is 2.43. The van der Waals surface area contributed by atoms with Gasteiger partial charge in [-0.15, -0.1) is 21.5 Å². The lowest BCUT2D eigenvalue weighted by Crippen LogP contribution is -2.27. The van der Waals surface area contributed by atoms with Crippen molar-refractivity contribution in [2.75, 3.05) is 19.1 Å². The number of amides is 1. The van der Waals surface area contributed by atoms with Crippen molar-refractivity contribution in [1.29, 1.82) is 0 Å². The number of nitrogens with zero attached hydrogens (tertiary/aromatic N) is 3. The van der Waals surface area contributed by atoms with Crippen LogP contribution in [0.5, 0.6) is 0 Å². The maximum Gasteiger partial charge on any atom is 0.277 e. The molecule has 0 saturated carbocycles. The summed E-state index contributed by atoms with van der Waals surface area (Å²) in [5.41, 5.74) is 0. The Morgan fingerprint density at radius 3 is 3.05 bits per heavy atom. The molecule has 0 aliphatic carbocycles. The first-order valence-corrected chi connectivity index (χ1v) is 9.15. The highest BCUT2D eigenvalue weighted by molar-refractivity contribution is 7.99. The molecule has 2 aromatic heterocycles. The van der Waals surface area contributed by atoms with Crippen molar-refractivity contribution in [3.63, 3.8) is 0 Å². The lowest BCUT2D eigenvalue weighted by Gasteiger charge is -2.15. The minimum absolute atomic E-state index is 0.0491. The van der Waals surface area contributed by atoms with Gasteiger partial charge < -0.3 is 9.32 Å². The Kier molecular flexibility index (Phi) is 5.93. The van der Waals surface area contributed by atoms with Crippen molar-refractivity contribution in [3.8, 4) is 0 Å². The molecule has 0 bridgehead atoms. The number of hydrogen-bond donors (Lipinski definition) is 0. The molecule has 1 amide bonds. The standard InChI is InChI=1S/C12H15N3O2S3/c1-15(6-9-4-3-5-19-9)11(16)8-20-12-14-13-10(17-12)7-18-2/h3-5H,6-8H2,1-2H3. The first kappa shape index (κ1) is 15.4. The fourth-order valence-electron chi connectivity index (χ4n) is 1.44. The number of rotatable bonds is 7. The second kappa shape index (κ2) is 7.70. The van der Waals surface area contributed by atoms with Crippen LogP contribution in [0.15, 0.2) is 27.2 Å². The Balaban J connectivity index is 1.78. The molecule has 5 nitrogen and oxygen atoms in total. The van der Waals surface area contributed by atoms with E-state index in [0.29, 0.717) is 29.2 Å². The summed E-state index contributed by atoms with van der Waals surface area (Å²) in [6.07, 6.45) is 1.97. The molecule has 0 aliphatic heterocycles. The van der Waals surface area contributed by atoms with Gasteiger partial charge in [-0.05, 0) is 17.7 Å². The van der Waals surface area contributed by atoms with Gasteiger partial charge >= 0.3 is 0 Å². The number of thiophene rings is 1. The van der Waals surface area contributed by atoms with Gasteiger partial charge in [0.2, 0.25) is 11.8 Å². The van der Waals surface area contributed by atoms with Crippen LogP contribution in [0.25, 0.3) is 0 Å². The van der Waals surface area contributed by atoms with Gasteiger partial charge in [0.05, 0.1) is 18.1 Å². The van der Waals surface area contributed by atoms with Gasteiger partial charge in [-0.3, -0.25) is 4.79 Å². The van der Waals surface area contributed by atoms with Crippen LogP contribution < -0.4 is 0 Å². The minimum atomic E-state index is 0.0491. The highest BCUT2D eigenvalue weighted by atomic mass is 32.2. The molecule has 0 fully saturated rings. The molecule has 0 aliphatic rings. The van der Waals surface area contributed by atoms with E-state index in [4.69, 9.17) is 4.42 Å². The monoisotopic (exact) mass is 329 g/mol. The molecule has 2 rings (SSSR count). The van der Waals surface area contributed by atoms with Crippen molar-refractivity contribution in [2.45, 2.75) is 17.5 Å². The number of hydrogen-bond acceptors (Lipinski definition) is 7. The fourth-order valence-corrected chi connectivity index (χ4v) is 3.28.